The zero-order valence-electron chi connectivity index (χ0n) is 14.8. The Kier molecular flexibility index (Phi) is 5.78. The minimum Gasteiger partial charge on any atom is -0.383 e. The lowest BCUT2D eigenvalue weighted by Crippen LogP contribution is -2.48. The molecule has 0 spiro atoms. The van der Waals surface area contributed by atoms with E-state index in [-0.39, 0.29) is 11.9 Å². The number of likely N-dealkylation sites (N-methyl/N-ethyl adjacent to an activating group) is 1. The Morgan fingerprint density at radius 2 is 2.16 bits per heavy atom. The number of hydrogen-bond acceptors (Lipinski definition) is 5. The van der Waals surface area contributed by atoms with Crippen LogP contribution in [0.25, 0.3) is 0 Å². The van der Waals surface area contributed by atoms with Crippen LogP contribution in [0.3, 0.4) is 0 Å². The van der Waals surface area contributed by atoms with Crippen LogP contribution in [0.4, 0.5) is 0 Å². The lowest BCUT2D eigenvalue weighted by molar-refractivity contribution is -0.126. The molecular formula is C18H25N5O2. The molecular weight excluding hydrogens is 318 g/mol. The lowest BCUT2D eigenvalue weighted by Gasteiger charge is -2.33. The van der Waals surface area contributed by atoms with Crippen LogP contribution < -0.4 is 5.32 Å². The molecule has 0 saturated carbocycles. The molecule has 2 heterocycles. The van der Waals surface area contributed by atoms with E-state index in [1.165, 1.54) is 11.1 Å². The standard InChI is InChI=1S/C18H25N5O2/c1-22-12-15-6-4-3-5-14(15)11-16(22)18(24)19-8-7-17-21-20-13-23(17)9-10-25-2/h3-6,13,16H,7-12H2,1-2H3,(H,19,24). The molecule has 1 aliphatic heterocycles. The van der Waals surface area contributed by atoms with Crippen molar-refractivity contribution in [2.24, 2.45) is 0 Å². The van der Waals surface area contributed by atoms with E-state index >= 15 is 0 Å². The summed E-state index contributed by atoms with van der Waals surface area (Å²) in [7, 11) is 3.67. The highest BCUT2D eigenvalue weighted by Crippen LogP contribution is 2.21. The molecule has 1 N–H and O–H groups in total. The number of rotatable bonds is 7. The maximum atomic E-state index is 12.6. The molecule has 0 bridgehead atoms. The number of benzene rings is 1. The number of nitrogens with zero attached hydrogens (tertiary/aromatic N) is 4. The van der Waals surface area contributed by atoms with Gasteiger partial charge >= 0.3 is 0 Å². The molecule has 134 valence electrons. The third kappa shape index (κ3) is 4.24. The van der Waals surface area contributed by atoms with Crippen molar-refractivity contribution in [1.29, 1.82) is 0 Å². The number of methoxy groups -OCH3 is 1. The second-order valence-corrected chi connectivity index (χ2v) is 6.38. The van der Waals surface area contributed by atoms with Gasteiger partial charge in [0.15, 0.2) is 0 Å². The van der Waals surface area contributed by atoms with Crippen LogP contribution in [0.1, 0.15) is 17.0 Å². The Labute approximate surface area is 148 Å². The van der Waals surface area contributed by atoms with Crippen LogP contribution >= 0.6 is 0 Å². The minimum absolute atomic E-state index is 0.0694. The van der Waals surface area contributed by atoms with E-state index in [0.29, 0.717) is 19.6 Å². The Morgan fingerprint density at radius 3 is 2.96 bits per heavy atom. The smallest absolute Gasteiger partial charge is 0.237 e. The molecule has 0 radical (unpaired) electrons. The number of fused-ring (bicyclic) bond motifs is 1. The fourth-order valence-electron chi connectivity index (χ4n) is 3.21. The molecule has 0 saturated heterocycles. The second-order valence-electron chi connectivity index (χ2n) is 6.38. The molecule has 3 rings (SSSR count). The molecule has 1 aromatic carbocycles. The predicted octanol–water partition coefficient (Wildman–Crippen LogP) is 0.640. The van der Waals surface area contributed by atoms with Crippen molar-refractivity contribution in [3.8, 4) is 0 Å². The van der Waals surface area contributed by atoms with Crippen LogP contribution in [0.15, 0.2) is 30.6 Å². The summed E-state index contributed by atoms with van der Waals surface area (Å²) in [4.78, 5) is 14.7. The van der Waals surface area contributed by atoms with Gasteiger partial charge in [-0.25, -0.2) is 0 Å². The van der Waals surface area contributed by atoms with E-state index in [9.17, 15) is 4.79 Å². The van der Waals surface area contributed by atoms with Crippen LogP contribution in [-0.4, -0.2) is 58.9 Å². The number of carbonyl (C=O) groups is 1. The molecule has 1 unspecified atom stereocenters. The number of amides is 1. The quantitative estimate of drug-likeness (QED) is 0.799. The van der Waals surface area contributed by atoms with Crippen molar-refractivity contribution in [2.75, 3.05) is 27.3 Å². The Bertz CT molecular complexity index is 715. The molecule has 25 heavy (non-hydrogen) atoms. The van der Waals surface area contributed by atoms with Gasteiger partial charge in [-0.2, -0.15) is 0 Å². The van der Waals surface area contributed by atoms with E-state index in [0.717, 1.165) is 25.3 Å². The van der Waals surface area contributed by atoms with Crippen molar-refractivity contribution < 1.29 is 9.53 Å². The van der Waals surface area contributed by atoms with Crippen molar-refractivity contribution in [3.63, 3.8) is 0 Å². The molecule has 1 aliphatic rings. The maximum absolute atomic E-state index is 12.6. The number of hydrogen-bond donors (Lipinski definition) is 1. The zero-order chi connectivity index (χ0) is 17.6. The topological polar surface area (TPSA) is 72.3 Å². The van der Waals surface area contributed by atoms with Crippen molar-refractivity contribution in [3.05, 3.63) is 47.5 Å². The fraction of sp³-hybridized carbons (Fsp3) is 0.500. The third-order valence-electron chi connectivity index (χ3n) is 4.67. The second kappa shape index (κ2) is 8.22. The summed E-state index contributed by atoms with van der Waals surface area (Å²) in [5.41, 5.74) is 2.57. The molecule has 7 heteroatoms. The Hall–Kier alpha value is -2.25. The average molecular weight is 343 g/mol. The first kappa shape index (κ1) is 17.6. The first-order valence-corrected chi connectivity index (χ1v) is 8.59. The molecule has 1 amide bonds. The number of nitrogens with one attached hydrogen (secondary N) is 1. The zero-order valence-corrected chi connectivity index (χ0v) is 14.8. The average Bonchev–Trinajstić information content (AvgIpc) is 3.06. The normalized spacial score (nSPS) is 17.3. The van der Waals surface area contributed by atoms with Gasteiger partial charge in [-0.15, -0.1) is 10.2 Å². The summed E-state index contributed by atoms with van der Waals surface area (Å²) in [5.74, 6) is 0.930. The molecule has 1 atom stereocenters. The van der Waals surface area contributed by atoms with Gasteiger partial charge in [0.05, 0.1) is 12.6 Å². The molecule has 0 aliphatic carbocycles. The minimum atomic E-state index is -0.124. The Balaban J connectivity index is 1.52. The van der Waals surface area contributed by atoms with Crippen LogP contribution in [0.2, 0.25) is 0 Å². The van der Waals surface area contributed by atoms with Gasteiger partial charge in [-0.05, 0) is 24.6 Å². The summed E-state index contributed by atoms with van der Waals surface area (Å²) >= 11 is 0. The van der Waals surface area contributed by atoms with E-state index in [2.05, 4.69) is 32.5 Å². The van der Waals surface area contributed by atoms with Crippen molar-refractivity contribution in [2.45, 2.75) is 32.0 Å². The van der Waals surface area contributed by atoms with Gasteiger partial charge in [0.1, 0.15) is 12.2 Å². The monoisotopic (exact) mass is 343 g/mol. The first-order valence-electron chi connectivity index (χ1n) is 8.59. The van der Waals surface area contributed by atoms with Gasteiger partial charge in [0.2, 0.25) is 5.91 Å². The number of ether oxygens (including phenoxy) is 1. The molecule has 7 nitrogen and oxygen atoms in total. The van der Waals surface area contributed by atoms with Gasteiger partial charge in [-0.1, -0.05) is 24.3 Å². The largest absolute Gasteiger partial charge is 0.383 e. The van der Waals surface area contributed by atoms with E-state index in [1.54, 1.807) is 13.4 Å². The number of carbonyl (C=O) groups excluding carboxylic acids is 1. The van der Waals surface area contributed by atoms with Crippen LogP contribution in [-0.2, 0) is 35.5 Å². The highest BCUT2D eigenvalue weighted by molar-refractivity contribution is 5.82. The maximum Gasteiger partial charge on any atom is 0.237 e. The highest BCUT2D eigenvalue weighted by atomic mass is 16.5. The van der Waals surface area contributed by atoms with Crippen LogP contribution in [0, 0.1) is 0 Å². The highest BCUT2D eigenvalue weighted by Gasteiger charge is 2.28. The third-order valence-corrected chi connectivity index (χ3v) is 4.67. The first-order chi connectivity index (χ1) is 12.2. The Morgan fingerprint density at radius 1 is 1.36 bits per heavy atom. The van der Waals surface area contributed by atoms with Crippen molar-refractivity contribution in [1.82, 2.24) is 25.0 Å². The number of aromatic nitrogens is 3. The summed E-state index contributed by atoms with van der Waals surface area (Å²) in [6.45, 7) is 2.69. The fourth-order valence-corrected chi connectivity index (χ4v) is 3.21. The van der Waals surface area contributed by atoms with Gasteiger partial charge in [0, 0.05) is 33.2 Å². The molecule has 0 fully saturated rings. The predicted molar refractivity (Wildman–Crippen MR) is 94.0 cm³/mol. The summed E-state index contributed by atoms with van der Waals surface area (Å²) in [6, 6.07) is 8.20. The van der Waals surface area contributed by atoms with E-state index in [1.807, 2.05) is 23.7 Å². The summed E-state index contributed by atoms with van der Waals surface area (Å²) < 4.78 is 7.04. The molecule has 1 aromatic heterocycles. The van der Waals surface area contributed by atoms with Gasteiger partial charge in [-0.3, -0.25) is 9.69 Å². The van der Waals surface area contributed by atoms with Crippen molar-refractivity contribution >= 4 is 5.91 Å². The van der Waals surface area contributed by atoms with E-state index in [4.69, 9.17) is 4.74 Å². The summed E-state index contributed by atoms with van der Waals surface area (Å²) in [6.07, 6.45) is 3.10. The SMILES string of the molecule is COCCn1cnnc1CCNC(=O)C1Cc2ccccc2CN1C. The van der Waals surface area contributed by atoms with Crippen LogP contribution in [0.5, 0.6) is 0 Å². The molecule has 2 aromatic rings. The summed E-state index contributed by atoms with van der Waals surface area (Å²) in [5, 5.41) is 11.1. The van der Waals surface area contributed by atoms with E-state index < -0.39 is 0 Å². The lowest BCUT2D eigenvalue weighted by atomic mass is 9.94. The van der Waals surface area contributed by atoms with Gasteiger partial charge in [0.25, 0.3) is 0 Å². The van der Waals surface area contributed by atoms with Gasteiger partial charge < -0.3 is 14.6 Å².